The van der Waals surface area contributed by atoms with Crippen molar-refractivity contribution in [1.82, 2.24) is 4.98 Å². The molecular weight excluding hydrogens is 333 g/mol. The fourth-order valence-electron chi connectivity index (χ4n) is 1.06. The van der Waals surface area contributed by atoms with Gasteiger partial charge in [-0.2, -0.15) is 13.2 Å². The summed E-state index contributed by atoms with van der Waals surface area (Å²) in [5, 5.41) is 1.07. The lowest BCUT2D eigenvalue weighted by Gasteiger charge is -2.08. The van der Waals surface area contributed by atoms with Crippen LogP contribution in [0.1, 0.15) is 20.3 Å². The summed E-state index contributed by atoms with van der Waals surface area (Å²) in [6.45, 7) is 4.75. The predicted molar refractivity (Wildman–Crippen MR) is 68.4 cm³/mol. The largest absolute Gasteiger partial charge is 0.741 e. The highest BCUT2D eigenvalue weighted by atomic mass is 32.2. The van der Waals surface area contributed by atoms with E-state index in [0.29, 0.717) is 5.75 Å². The maximum absolute atomic E-state index is 10.8. The first-order chi connectivity index (χ1) is 9.49. The molecule has 0 radical (unpaired) electrons. The van der Waals surface area contributed by atoms with Gasteiger partial charge in [0.15, 0.2) is 10.1 Å². The third kappa shape index (κ3) is 8.07. The van der Waals surface area contributed by atoms with Gasteiger partial charge < -0.3 is 4.55 Å². The van der Waals surface area contributed by atoms with Crippen LogP contribution >= 0.6 is 11.8 Å². The fraction of sp³-hybridized carbons (Fsp3) is 0.600. The third-order valence-corrected chi connectivity index (χ3v) is 3.63. The summed E-state index contributed by atoms with van der Waals surface area (Å²) >= 11 is 1.56. The summed E-state index contributed by atoms with van der Waals surface area (Å²) in [7, 11) is -6.09. The molecule has 1 heterocycles. The molecule has 0 unspecified atom stereocenters. The van der Waals surface area contributed by atoms with Crippen molar-refractivity contribution in [1.29, 1.82) is 0 Å². The summed E-state index contributed by atoms with van der Waals surface area (Å²) in [4.78, 5) is 13.9. The smallest absolute Gasteiger partial charge is 0.485 e. The molecule has 11 heteroatoms. The second kappa shape index (κ2) is 8.39. The van der Waals surface area contributed by atoms with Gasteiger partial charge in [0.25, 0.3) is 0 Å². The van der Waals surface area contributed by atoms with E-state index >= 15 is 0 Å². The molecule has 0 atom stereocenters. The van der Waals surface area contributed by atoms with Crippen LogP contribution < -0.4 is 4.57 Å². The van der Waals surface area contributed by atoms with Crippen LogP contribution in [-0.4, -0.2) is 35.0 Å². The third-order valence-electron chi connectivity index (χ3n) is 1.88. The molecule has 21 heavy (non-hydrogen) atoms. The molecule has 0 aliphatic rings. The highest BCUT2D eigenvalue weighted by Gasteiger charge is 2.36. The molecule has 1 aromatic heterocycles. The van der Waals surface area contributed by atoms with E-state index in [-0.39, 0.29) is 5.78 Å². The first-order valence-electron chi connectivity index (χ1n) is 5.70. The van der Waals surface area contributed by atoms with Crippen LogP contribution in [0.25, 0.3) is 0 Å². The van der Waals surface area contributed by atoms with E-state index in [9.17, 15) is 18.0 Å². The molecule has 1 N–H and O–H groups in total. The first-order valence-corrected chi connectivity index (χ1v) is 8.09. The molecule has 0 amide bonds. The molecular formula is C10H15F3N2O4S2. The lowest BCUT2D eigenvalue weighted by atomic mass is 10.5. The molecule has 0 saturated heterocycles. The molecule has 0 bridgehead atoms. The molecule has 6 nitrogen and oxygen atoms in total. The molecule has 1 aromatic rings. The zero-order valence-electron chi connectivity index (χ0n) is 11.3. The van der Waals surface area contributed by atoms with Gasteiger partial charge in [0.2, 0.25) is 0 Å². The van der Waals surface area contributed by atoms with Gasteiger partial charge in [0.1, 0.15) is 18.2 Å². The van der Waals surface area contributed by atoms with Crippen molar-refractivity contribution in [3.63, 3.8) is 0 Å². The summed E-state index contributed by atoms with van der Waals surface area (Å²) in [5.74, 6) is 0.757. The number of aryl methyl sites for hydroxylation is 1. The van der Waals surface area contributed by atoms with Crippen LogP contribution in [0.5, 0.6) is 0 Å². The standard InChI is InChI=1S/C9H14N2OS.CHF3O3S/c1-3-5-11-6-4-10-9(11)13-7-8(2)12;2-1(3,4)8(5,6)7/h4,6H,3,5,7H2,1-2H3;(H,5,6,7). The Labute approximate surface area is 124 Å². The van der Waals surface area contributed by atoms with Crippen LogP contribution in [-0.2, 0) is 21.5 Å². The summed E-state index contributed by atoms with van der Waals surface area (Å²) in [6, 6.07) is 0. The number of hydrogen-bond donors (Lipinski definition) is 1. The molecule has 0 saturated carbocycles. The average Bonchev–Trinajstić information content (AvgIpc) is 2.72. The average molecular weight is 348 g/mol. The Hall–Kier alpha value is -1.07. The number of thioether (sulfide) groups is 1. The van der Waals surface area contributed by atoms with Crippen LogP contribution in [0.15, 0.2) is 17.6 Å². The van der Waals surface area contributed by atoms with Gasteiger partial charge in [-0.15, -0.1) is 0 Å². The van der Waals surface area contributed by atoms with Gasteiger partial charge in [-0.25, -0.2) is 18.0 Å². The van der Waals surface area contributed by atoms with Crippen LogP contribution in [0.4, 0.5) is 13.2 Å². The minimum atomic E-state index is -6.09. The normalized spacial score (nSPS) is 11.7. The van der Waals surface area contributed by atoms with Gasteiger partial charge in [0, 0.05) is 0 Å². The molecule has 122 valence electrons. The number of rotatable bonds is 5. The number of aromatic amines is 1. The number of nitrogens with zero attached hydrogens (tertiary/aromatic N) is 1. The molecule has 0 aliphatic heterocycles. The number of carbonyl (C=O) groups excluding carboxylic acids is 1. The Morgan fingerprint density at radius 2 is 2.00 bits per heavy atom. The Morgan fingerprint density at radius 3 is 2.38 bits per heavy atom. The Kier molecular flexibility index (Phi) is 7.96. The minimum Gasteiger partial charge on any atom is -0.741 e. The van der Waals surface area contributed by atoms with Gasteiger partial charge in [-0.05, 0) is 25.1 Å². The molecule has 1 rings (SSSR count). The maximum Gasteiger partial charge on any atom is 0.485 e. The van der Waals surface area contributed by atoms with E-state index in [1.807, 2.05) is 12.4 Å². The Balaban J connectivity index is 0.000000433. The van der Waals surface area contributed by atoms with Crippen LogP contribution in [0.3, 0.4) is 0 Å². The number of nitrogens with one attached hydrogen (secondary N) is 1. The number of hydrogen-bond acceptors (Lipinski definition) is 5. The molecule has 0 fully saturated rings. The number of imidazole rings is 1. The molecule has 0 spiro atoms. The van der Waals surface area contributed by atoms with E-state index in [1.165, 1.54) is 0 Å². The highest BCUT2D eigenvalue weighted by Crippen LogP contribution is 2.20. The number of carbonyl (C=O) groups is 1. The van der Waals surface area contributed by atoms with Gasteiger partial charge >= 0.3 is 10.7 Å². The van der Waals surface area contributed by atoms with E-state index < -0.39 is 15.6 Å². The summed E-state index contributed by atoms with van der Waals surface area (Å²) < 4.78 is 61.0. The zero-order chi connectivity index (χ0) is 16.7. The summed E-state index contributed by atoms with van der Waals surface area (Å²) in [5.41, 5.74) is -5.65. The van der Waals surface area contributed by atoms with Crippen molar-refractivity contribution in [2.24, 2.45) is 0 Å². The van der Waals surface area contributed by atoms with E-state index in [1.54, 1.807) is 18.7 Å². The van der Waals surface area contributed by atoms with Crippen molar-refractivity contribution in [3.05, 3.63) is 12.4 Å². The lowest BCUT2D eigenvalue weighted by molar-refractivity contribution is -0.731. The van der Waals surface area contributed by atoms with E-state index in [4.69, 9.17) is 13.0 Å². The van der Waals surface area contributed by atoms with Crippen molar-refractivity contribution < 1.29 is 35.5 Å². The SMILES string of the molecule is CCC[n+]1cc[nH]c1SCC(C)=O.O=S(=O)([O-])C(F)(F)F. The number of aromatic nitrogens is 2. The van der Waals surface area contributed by atoms with Crippen molar-refractivity contribution in [3.8, 4) is 0 Å². The Morgan fingerprint density at radius 1 is 1.48 bits per heavy atom. The number of alkyl halides is 3. The van der Waals surface area contributed by atoms with Gasteiger partial charge in [-0.3, -0.25) is 4.79 Å². The number of H-pyrrole nitrogens is 1. The highest BCUT2D eigenvalue weighted by molar-refractivity contribution is 7.99. The van der Waals surface area contributed by atoms with Crippen LogP contribution in [0.2, 0.25) is 0 Å². The fourth-order valence-corrected chi connectivity index (χ4v) is 1.87. The van der Waals surface area contributed by atoms with Crippen molar-refractivity contribution in [2.75, 3.05) is 5.75 Å². The molecule has 0 aromatic carbocycles. The Bertz CT molecular complexity index is 555. The maximum atomic E-state index is 10.8. The second-order valence-electron chi connectivity index (χ2n) is 3.85. The number of ketones is 1. The van der Waals surface area contributed by atoms with Gasteiger partial charge in [0.05, 0.1) is 12.3 Å². The topological polar surface area (TPSA) is 93.9 Å². The van der Waals surface area contributed by atoms with Crippen molar-refractivity contribution >= 4 is 27.7 Å². The number of halogens is 3. The van der Waals surface area contributed by atoms with Crippen molar-refractivity contribution in [2.45, 2.75) is 37.5 Å². The monoisotopic (exact) mass is 348 g/mol. The molecule has 0 aliphatic carbocycles. The van der Waals surface area contributed by atoms with Crippen LogP contribution in [0, 0.1) is 0 Å². The quantitative estimate of drug-likeness (QED) is 0.376. The zero-order valence-corrected chi connectivity index (χ0v) is 12.9. The van der Waals surface area contributed by atoms with E-state index in [0.717, 1.165) is 18.1 Å². The first kappa shape index (κ1) is 19.9. The summed E-state index contributed by atoms with van der Waals surface area (Å²) in [6.07, 6.45) is 5.01. The second-order valence-corrected chi connectivity index (χ2v) is 6.18. The number of Topliss-reactive ketones (excluding diaryl/α,β-unsaturated/α-hetero) is 1. The van der Waals surface area contributed by atoms with E-state index in [2.05, 4.69) is 16.5 Å². The lowest BCUT2D eigenvalue weighted by Crippen LogP contribution is -2.33. The predicted octanol–water partition coefficient (Wildman–Crippen LogP) is 1.44. The van der Waals surface area contributed by atoms with Gasteiger partial charge in [-0.1, -0.05) is 6.92 Å². The minimum absolute atomic E-state index is 0.211.